The van der Waals surface area contributed by atoms with E-state index in [1.807, 2.05) is 42.5 Å². The number of ether oxygens (including phenoxy) is 2. The van der Waals surface area contributed by atoms with E-state index in [1.54, 1.807) is 6.08 Å². The molecule has 2 heterocycles. The number of benzene rings is 2. The van der Waals surface area contributed by atoms with Crippen LogP contribution in [0.4, 0.5) is 0 Å². The van der Waals surface area contributed by atoms with Crippen molar-refractivity contribution in [3.05, 3.63) is 65.2 Å². The number of carbonyl (C=O) groups excluding carboxylic acids is 1. The Kier molecular flexibility index (Phi) is 5.11. The van der Waals surface area contributed by atoms with Gasteiger partial charge in [0.25, 0.3) is 0 Å². The molecule has 5 unspecified atom stereocenters. The number of esters is 1. The largest absolute Gasteiger partial charge is 0.482 e. The number of piperidine rings is 1. The summed E-state index contributed by atoms with van der Waals surface area (Å²) in [5, 5.41) is 23.5. The smallest absolute Gasteiger partial charge is 0.336 e. The van der Waals surface area contributed by atoms with Crippen LogP contribution in [0, 0.1) is 5.92 Å². The van der Waals surface area contributed by atoms with Crippen LogP contribution in [0.2, 0.25) is 0 Å². The zero-order chi connectivity index (χ0) is 24.5. The van der Waals surface area contributed by atoms with Crippen molar-refractivity contribution in [2.24, 2.45) is 5.92 Å². The molecule has 36 heavy (non-hydrogen) atoms. The van der Waals surface area contributed by atoms with Gasteiger partial charge in [-0.3, -0.25) is 4.90 Å². The fourth-order valence-corrected chi connectivity index (χ4v) is 7.77. The van der Waals surface area contributed by atoms with Crippen molar-refractivity contribution >= 4 is 12.0 Å². The van der Waals surface area contributed by atoms with Crippen LogP contribution in [0.5, 0.6) is 11.5 Å². The van der Waals surface area contributed by atoms with Crippen LogP contribution in [0.1, 0.15) is 55.2 Å². The molecule has 0 radical (unpaired) electrons. The van der Waals surface area contributed by atoms with E-state index in [9.17, 15) is 15.0 Å². The van der Waals surface area contributed by atoms with Crippen LogP contribution in [-0.2, 0) is 16.6 Å². The molecule has 2 bridgehead atoms. The van der Waals surface area contributed by atoms with Gasteiger partial charge in [-0.05, 0) is 74.3 Å². The van der Waals surface area contributed by atoms with Gasteiger partial charge in [-0.15, -0.1) is 0 Å². The first-order valence-corrected chi connectivity index (χ1v) is 13.4. The van der Waals surface area contributed by atoms with Crippen molar-refractivity contribution in [1.29, 1.82) is 0 Å². The molecular weight excluding hydrogens is 454 g/mol. The average Bonchev–Trinajstić information content (AvgIpc) is 3.21. The molecule has 5 aliphatic rings. The van der Waals surface area contributed by atoms with E-state index in [0.29, 0.717) is 24.3 Å². The second kappa shape index (κ2) is 8.17. The summed E-state index contributed by atoms with van der Waals surface area (Å²) in [6, 6.07) is 13.5. The molecule has 0 aromatic heterocycles. The molecule has 6 nitrogen and oxygen atoms in total. The minimum Gasteiger partial charge on any atom is -0.482 e. The van der Waals surface area contributed by atoms with E-state index in [1.165, 1.54) is 25.3 Å². The standard InChI is InChI=1S/C30H33NO5/c32-22-13-14-30(34)24-17-21-10-11-23(35-25(33)12-9-19-5-2-1-3-6-19)27-26(21)29(30,28(22)36-27)15-16-31(24)18-20-7-4-8-20/h1-3,5-6,9-12,20,22,24,28,32,34H,4,7-8,13-18H2/b12-9+. The minimum atomic E-state index is -0.965. The highest BCUT2D eigenvalue weighted by atomic mass is 16.6. The monoisotopic (exact) mass is 487 g/mol. The van der Waals surface area contributed by atoms with Gasteiger partial charge in [0.1, 0.15) is 6.10 Å². The molecule has 188 valence electrons. The fourth-order valence-electron chi connectivity index (χ4n) is 7.77. The summed E-state index contributed by atoms with van der Waals surface area (Å²) in [5.74, 6) is 1.15. The van der Waals surface area contributed by atoms with Crippen molar-refractivity contribution in [1.82, 2.24) is 4.90 Å². The molecule has 3 aliphatic carbocycles. The predicted molar refractivity (Wildman–Crippen MR) is 135 cm³/mol. The lowest BCUT2D eigenvalue weighted by molar-refractivity contribution is -0.209. The van der Waals surface area contributed by atoms with Crippen molar-refractivity contribution in [3.8, 4) is 11.5 Å². The molecule has 5 atom stereocenters. The Hall–Kier alpha value is -2.67. The number of carbonyl (C=O) groups is 1. The highest BCUT2D eigenvalue weighted by Gasteiger charge is 2.73. The molecule has 2 aliphatic heterocycles. The van der Waals surface area contributed by atoms with Crippen LogP contribution in [0.3, 0.4) is 0 Å². The van der Waals surface area contributed by atoms with E-state index in [-0.39, 0.29) is 6.04 Å². The van der Waals surface area contributed by atoms with Gasteiger partial charge in [0.15, 0.2) is 11.5 Å². The molecule has 7 rings (SSSR count). The maximum absolute atomic E-state index is 12.7. The zero-order valence-electron chi connectivity index (χ0n) is 20.4. The van der Waals surface area contributed by atoms with Crippen LogP contribution in [-0.4, -0.2) is 58.0 Å². The second-order valence-corrected chi connectivity index (χ2v) is 11.4. The second-order valence-electron chi connectivity index (χ2n) is 11.4. The Balaban J connectivity index is 1.25. The molecule has 1 spiro atoms. The maximum atomic E-state index is 12.7. The van der Waals surface area contributed by atoms with Crippen molar-refractivity contribution in [2.75, 3.05) is 13.1 Å². The summed E-state index contributed by atoms with van der Waals surface area (Å²) in [6.45, 7) is 1.93. The van der Waals surface area contributed by atoms with Gasteiger partial charge in [-0.1, -0.05) is 42.8 Å². The average molecular weight is 488 g/mol. The molecule has 3 fully saturated rings. The van der Waals surface area contributed by atoms with Gasteiger partial charge in [0, 0.05) is 24.2 Å². The highest BCUT2D eigenvalue weighted by molar-refractivity contribution is 5.89. The molecule has 2 saturated carbocycles. The van der Waals surface area contributed by atoms with Crippen molar-refractivity contribution in [3.63, 3.8) is 0 Å². The normalized spacial score (nSPS) is 34.7. The first kappa shape index (κ1) is 22.5. The number of aliphatic hydroxyl groups excluding tert-OH is 1. The molecule has 0 amide bonds. The van der Waals surface area contributed by atoms with E-state index in [2.05, 4.69) is 4.90 Å². The van der Waals surface area contributed by atoms with Crippen LogP contribution >= 0.6 is 0 Å². The van der Waals surface area contributed by atoms with Gasteiger partial charge in [0.2, 0.25) is 0 Å². The maximum Gasteiger partial charge on any atom is 0.336 e. The SMILES string of the molecule is O=C(/C=C/c1ccccc1)Oc1ccc2c3c1OC1C(O)CCC4(O)C(C2)N(CC2CCC2)CCC314. The number of rotatable bonds is 5. The lowest BCUT2D eigenvalue weighted by Gasteiger charge is -2.64. The van der Waals surface area contributed by atoms with E-state index in [4.69, 9.17) is 9.47 Å². The summed E-state index contributed by atoms with van der Waals surface area (Å²) < 4.78 is 12.2. The number of nitrogens with zero attached hydrogens (tertiary/aromatic N) is 1. The quantitative estimate of drug-likeness (QED) is 0.381. The van der Waals surface area contributed by atoms with Crippen LogP contribution < -0.4 is 9.47 Å². The van der Waals surface area contributed by atoms with Gasteiger partial charge in [-0.25, -0.2) is 4.79 Å². The van der Waals surface area contributed by atoms with E-state index in [0.717, 1.165) is 48.5 Å². The van der Waals surface area contributed by atoms with E-state index >= 15 is 0 Å². The molecule has 2 aromatic rings. The van der Waals surface area contributed by atoms with Crippen LogP contribution in [0.15, 0.2) is 48.5 Å². The van der Waals surface area contributed by atoms with Crippen LogP contribution in [0.25, 0.3) is 6.08 Å². The Morgan fingerprint density at radius 2 is 1.97 bits per heavy atom. The molecule has 2 aromatic carbocycles. The first-order chi connectivity index (χ1) is 17.5. The summed E-state index contributed by atoms with van der Waals surface area (Å²) >= 11 is 0. The fraction of sp³-hybridized carbons (Fsp3) is 0.500. The molecular formula is C30H33NO5. The topological polar surface area (TPSA) is 79.2 Å². The third-order valence-electron chi connectivity index (χ3n) is 9.67. The minimum absolute atomic E-state index is 0.0195. The van der Waals surface area contributed by atoms with Gasteiger partial charge in [-0.2, -0.15) is 0 Å². The Labute approximate surface area is 211 Å². The highest BCUT2D eigenvalue weighted by Crippen LogP contribution is 2.65. The van der Waals surface area contributed by atoms with E-state index < -0.39 is 29.2 Å². The van der Waals surface area contributed by atoms with Gasteiger partial charge >= 0.3 is 5.97 Å². The first-order valence-electron chi connectivity index (χ1n) is 13.4. The number of aliphatic hydroxyl groups is 2. The molecule has 6 heteroatoms. The Morgan fingerprint density at radius 3 is 2.75 bits per heavy atom. The zero-order valence-corrected chi connectivity index (χ0v) is 20.4. The summed E-state index contributed by atoms with van der Waals surface area (Å²) in [5.41, 5.74) is 1.39. The van der Waals surface area contributed by atoms with Crippen molar-refractivity contribution in [2.45, 2.75) is 74.2 Å². The number of likely N-dealkylation sites (tertiary alicyclic amines) is 1. The predicted octanol–water partition coefficient (Wildman–Crippen LogP) is 3.62. The number of hydrogen-bond donors (Lipinski definition) is 2. The van der Waals surface area contributed by atoms with Crippen molar-refractivity contribution < 1.29 is 24.5 Å². The summed E-state index contributed by atoms with van der Waals surface area (Å²) in [4.78, 5) is 15.2. The third kappa shape index (κ3) is 3.11. The van der Waals surface area contributed by atoms with Gasteiger partial charge in [0.05, 0.1) is 17.1 Å². The summed E-state index contributed by atoms with van der Waals surface area (Å²) in [7, 11) is 0. The lowest BCUT2D eigenvalue weighted by Crippen LogP contribution is -2.77. The molecule has 1 saturated heterocycles. The Bertz CT molecular complexity index is 1220. The summed E-state index contributed by atoms with van der Waals surface area (Å²) in [6.07, 6.45) is 8.39. The Morgan fingerprint density at radius 1 is 1.14 bits per heavy atom. The molecule has 2 N–H and O–H groups in total. The number of hydrogen-bond acceptors (Lipinski definition) is 6. The lowest BCUT2D eigenvalue weighted by atomic mass is 9.48. The third-order valence-corrected chi connectivity index (χ3v) is 9.67. The van der Waals surface area contributed by atoms with Gasteiger partial charge < -0.3 is 19.7 Å².